The smallest absolute Gasteiger partial charge is 0.417 e. The van der Waals surface area contributed by atoms with Crippen LogP contribution in [0.3, 0.4) is 0 Å². The highest BCUT2D eigenvalue weighted by Gasteiger charge is 2.28. The van der Waals surface area contributed by atoms with Crippen molar-refractivity contribution in [3.63, 3.8) is 0 Å². The highest BCUT2D eigenvalue weighted by Crippen LogP contribution is 2.33. The normalized spacial score (nSPS) is 15.8. The number of morpholine rings is 1. The molecule has 8 nitrogen and oxygen atoms in total. The maximum Gasteiger partial charge on any atom is 0.417 e. The van der Waals surface area contributed by atoms with Crippen LogP contribution < -0.4 is 10.9 Å². The summed E-state index contributed by atoms with van der Waals surface area (Å²) < 4.78 is 10.6. The van der Waals surface area contributed by atoms with Gasteiger partial charge in [-0.3, -0.25) is 15.0 Å². The van der Waals surface area contributed by atoms with Crippen LogP contribution in [0.1, 0.15) is 17.2 Å². The van der Waals surface area contributed by atoms with Gasteiger partial charge in [-0.1, -0.05) is 42.0 Å². The van der Waals surface area contributed by atoms with Gasteiger partial charge in [-0.15, -0.1) is 0 Å². The van der Waals surface area contributed by atoms with Gasteiger partial charge in [-0.25, -0.2) is 4.79 Å². The molecule has 1 aromatic heterocycles. The number of ether oxygens (including phenoxy) is 1. The Bertz CT molecular complexity index is 1100. The first kappa shape index (κ1) is 20.1. The minimum Gasteiger partial charge on any atom is -0.418 e. The number of benzene rings is 2. The second kappa shape index (κ2) is 8.64. The lowest BCUT2D eigenvalue weighted by atomic mass is 10.0. The van der Waals surface area contributed by atoms with Crippen molar-refractivity contribution in [3.8, 4) is 0 Å². The highest BCUT2D eigenvalue weighted by atomic mass is 16.6. The minimum absolute atomic E-state index is 0.186. The van der Waals surface area contributed by atoms with E-state index in [9.17, 15) is 14.9 Å². The molecule has 30 heavy (non-hydrogen) atoms. The van der Waals surface area contributed by atoms with E-state index in [4.69, 9.17) is 9.15 Å². The Kier molecular flexibility index (Phi) is 5.78. The molecule has 1 fully saturated rings. The van der Waals surface area contributed by atoms with Gasteiger partial charge in [0.15, 0.2) is 0 Å². The molecule has 0 radical (unpaired) electrons. The largest absolute Gasteiger partial charge is 0.418 e. The quantitative estimate of drug-likeness (QED) is 0.378. The Morgan fingerprint density at radius 1 is 1.13 bits per heavy atom. The molecule has 0 saturated carbocycles. The van der Waals surface area contributed by atoms with Crippen LogP contribution in [-0.4, -0.2) is 42.7 Å². The number of hydrogen-bond acceptors (Lipinski definition) is 7. The second-order valence-electron chi connectivity index (χ2n) is 7.39. The third-order valence-corrected chi connectivity index (χ3v) is 5.31. The summed E-state index contributed by atoms with van der Waals surface area (Å²) in [5.41, 5.74) is 1.07. The van der Waals surface area contributed by atoms with Gasteiger partial charge in [0.2, 0.25) is 0 Å². The maximum atomic E-state index is 12.4. The number of anilines is 1. The summed E-state index contributed by atoms with van der Waals surface area (Å²) in [6, 6.07) is 14.6. The van der Waals surface area contributed by atoms with E-state index in [1.54, 1.807) is 24.3 Å². The molecule has 156 valence electrons. The van der Waals surface area contributed by atoms with Crippen molar-refractivity contribution >= 4 is 22.3 Å². The Morgan fingerprint density at radius 3 is 2.53 bits per heavy atom. The van der Waals surface area contributed by atoms with Gasteiger partial charge in [-0.2, -0.15) is 0 Å². The molecule has 1 atom stereocenters. The van der Waals surface area contributed by atoms with Crippen LogP contribution in [0.25, 0.3) is 11.0 Å². The molecule has 0 unspecified atom stereocenters. The molecule has 0 aliphatic carbocycles. The number of rotatable bonds is 6. The Labute approximate surface area is 173 Å². The fourth-order valence-electron chi connectivity index (χ4n) is 3.70. The van der Waals surface area contributed by atoms with Crippen molar-refractivity contribution in [1.82, 2.24) is 4.90 Å². The highest BCUT2D eigenvalue weighted by molar-refractivity contribution is 5.94. The molecule has 0 spiro atoms. The van der Waals surface area contributed by atoms with Crippen LogP contribution in [0.2, 0.25) is 0 Å². The van der Waals surface area contributed by atoms with E-state index in [-0.39, 0.29) is 11.7 Å². The van der Waals surface area contributed by atoms with E-state index >= 15 is 0 Å². The van der Waals surface area contributed by atoms with Gasteiger partial charge in [-0.05, 0) is 24.6 Å². The van der Waals surface area contributed by atoms with E-state index in [0.29, 0.717) is 30.7 Å². The Morgan fingerprint density at radius 2 is 1.83 bits per heavy atom. The predicted octanol–water partition coefficient (Wildman–Crippen LogP) is 3.50. The summed E-state index contributed by atoms with van der Waals surface area (Å²) in [6.07, 6.45) is 0. The molecule has 8 heteroatoms. The van der Waals surface area contributed by atoms with Gasteiger partial charge >= 0.3 is 11.3 Å². The molecule has 1 saturated heterocycles. The van der Waals surface area contributed by atoms with Crippen molar-refractivity contribution in [2.24, 2.45) is 0 Å². The summed E-state index contributed by atoms with van der Waals surface area (Å²) in [4.78, 5) is 25.7. The van der Waals surface area contributed by atoms with E-state index < -0.39 is 16.2 Å². The third-order valence-electron chi connectivity index (χ3n) is 5.31. The SMILES string of the molecule is Cc1ccc([C@H](CN2CCOCC2)Nc2c([N+](=O)[O-])c(=O)oc3ccccc23)cc1. The summed E-state index contributed by atoms with van der Waals surface area (Å²) in [6.45, 7) is 5.50. The average Bonchev–Trinajstić information content (AvgIpc) is 2.74. The third kappa shape index (κ3) is 4.19. The molecular weight excluding hydrogens is 386 g/mol. The van der Waals surface area contributed by atoms with Crippen molar-refractivity contribution < 1.29 is 14.1 Å². The van der Waals surface area contributed by atoms with Crippen molar-refractivity contribution in [2.75, 3.05) is 38.2 Å². The lowest BCUT2D eigenvalue weighted by Crippen LogP contribution is -2.40. The fraction of sp³-hybridized carbons (Fsp3) is 0.318. The zero-order chi connectivity index (χ0) is 21.1. The average molecular weight is 409 g/mol. The number of para-hydroxylation sites is 1. The molecule has 2 heterocycles. The molecular formula is C22H23N3O5. The van der Waals surface area contributed by atoms with E-state index in [0.717, 1.165) is 24.2 Å². The van der Waals surface area contributed by atoms with Crippen LogP contribution in [0.15, 0.2) is 57.7 Å². The number of fused-ring (bicyclic) bond motifs is 1. The molecule has 1 N–H and O–H groups in total. The summed E-state index contributed by atoms with van der Waals surface area (Å²) in [7, 11) is 0. The molecule has 2 aromatic carbocycles. The lowest BCUT2D eigenvalue weighted by molar-refractivity contribution is -0.386. The van der Waals surface area contributed by atoms with Gasteiger partial charge < -0.3 is 14.5 Å². The second-order valence-corrected chi connectivity index (χ2v) is 7.39. The summed E-state index contributed by atoms with van der Waals surface area (Å²) >= 11 is 0. The van der Waals surface area contributed by atoms with Crippen molar-refractivity contribution in [3.05, 3.63) is 80.2 Å². The van der Waals surface area contributed by atoms with Gasteiger partial charge in [0.25, 0.3) is 0 Å². The number of nitro groups is 1. The maximum absolute atomic E-state index is 12.4. The molecule has 1 aliphatic heterocycles. The van der Waals surface area contributed by atoms with Crippen molar-refractivity contribution in [2.45, 2.75) is 13.0 Å². The van der Waals surface area contributed by atoms with Gasteiger partial charge in [0.1, 0.15) is 11.3 Å². The summed E-state index contributed by atoms with van der Waals surface area (Å²) in [5, 5.41) is 15.5. The van der Waals surface area contributed by atoms with Crippen molar-refractivity contribution in [1.29, 1.82) is 0 Å². The minimum atomic E-state index is -0.963. The number of nitrogens with zero attached hydrogens (tertiary/aromatic N) is 2. The van der Waals surface area contributed by atoms with Crippen LogP contribution in [0.5, 0.6) is 0 Å². The standard InChI is InChI=1S/C22H23N3O5/c1-15-6-8-16(9-7-15)18(14-24-10-12-29-13-11-24)23-20-17-4-2-3-5-19(17)30-22(26)21(20)25(27)28/h2-9,18,23H,10-14H2,1H3/t18-/m0/s1. The molecule has 1 aliphatic rings. The summed E-state index contributed by atoms with van der Waals surface area (Å²) in [5.74, 6) is 0. The first-order chi connectivity index (χ1) is 14.5. The van der Waals surface area contributed by atoms with Crippen LogP contribution >= 0.6 is 0 Å². The molecule has 3 aromatic rings. The zero-order valence-corrected chi connectivity index (χ0v) is 16.7. The number of hydrogen-bond donors (Lipinski definition) is 1. The lowest BCUT2D eigenvalue weighted by Gasteiger charge is -2.31. The topological polar surface area (TPSA) is 97.9 Å². The van der Waals surface area contributed by atoms with Crippen LogP contribution in [0.4, 0.5) is 11.4 Å². The molecule has 0 amide bonds. The Balaban J connectivity index is 1.79. The van der Waals surface area contributed by atoms with E-state index in [1.807, 2.05) is 31.2 Å². The van der Waals surface area contributed by atoms with Crippen LogP contribution in [0, 0.1) is 17.0 Å². The van der Waals surface area contributed by atoms with Gasteiger partial charge in [0.05, 0.1) is 24.2 Å². The monoisotopic (exact) mass is 409 g/mol. The van der Waals surface area contributed by atoms with E-state index in [2.05, 4.69) is 10.2 Å². The molecule has 0 bridgehead atoms. The van der Waals surface area contributed by atoms with Gasteiger partial charge in [0, 0.05) is 25.0 Å². The molecule has 4 rings (SSSR count). The predicted molar refractivity (Wildman–Crippen MR) is 114 cm³/mol. The zero-order valence-electron chi connectivity index (χ0n) is 16.7. The first-order valence-corrected chi connectivity index (χ1v) is 9.86. The fourth-order valence-corrected chi connectivity index (χ4v) is 3.70. The number of aryl methyl sites for hydroxylation is 1. The first-order valence-electron chi connectivity index (χ1n) is 9.86. The van der Waals surface area contributed by atoms with E-state index in [1.165, 1.54) is 0 Å². The number of nitrogens with one attached hydrogen (secondary N) is 1. The Hall–Kier alpha value is -3.23. The van der Waals surface area contributed by atoms with Crippen LogP contribution in [-0.2, 0) is 4.74 Å².